The maximum absolute atomic E-state index is 12.2. The van der Waals surface area contributed by atoms with Gasteiger partial charge in [0, 0.05) is 5.69 Å². The Balaban J connectivity index is 0.00000256. The minimum atomic E-state index is -4.36. The molecule has 0 aliphatic carbocycles. The van der Waals surface area contributed by atoms with Crippen LogP contribution in [0, 0.1) is 11.5 Å². The molecular weight excluding hydrogens is 262 g/mol. The van der Waals surface area contributed by atoms with Gasteiger partial charge >= 0.3 is 35.7 Å². The van der Waals surface area contributed by atoms with Gasteiger partial charge in [-0.1, -0.05) is 0 Å². The first-order valence-corrected chi connectivity index (χ1v) is 4.47. The van der Waals surface area contributed by atoms with Crippen LogP contribution in [0.3, 0.4) is 0 Å². The van der Waals surface area contributed by atoms with Crippen LogP contribution >= 0.6 is 12.2 Å². The number of rotatable bonds is 1. The quantitative estimate of drug-likeness (QED) is 0.353. The number of hydrogen-bond donors (Lipinski definition) is 2. The van der Waals surface area contributed by atoms with E-state index in [0.29, 0.717) is 5.69 Å². The minimum absolute atomic E-state index is 0. The van der Waals surface area contributed by atoms with Crippen LogP contribution in [0.15, 0.2) is 24.3 Å². The van der Waals surface area contributed by atoms with E-state index in [1.54, 1.807) is 6.19 Å². The second-order valence-electron chi connectivity index (χ2n) is 2.77. The van der Waals surface area contributed by atoms with E-state index in [0.717, 1.165) is 12.1 Å². The van der Waals surface area contributed by atoms with Crippen molar-refractivity contribution >= 4 is 52.6 Å². The summed E-state index contributed by atoms with van der Waals surface area (Å²) >= 11 is 4.67. The molecule has 0 unspecified atom stereocenters. The van der Waals surface area contributed by atoms with Crippen molar-refractivity contribution in [3.63, 3.8) is 0 Å². The number of anilines is 1. The molecule has 17 heavy (non-hydrogen) atoms. The Morgan fingerprint density at radius 2 is 1.76 bits per heavy atom. The summed E-state index contributed by atoms with van der Waals surface area (Å²) in [6.45, 7) is 0. The summed E-state index contributed by atoms with van der Waals surface area (Å²) in [5.41, 5.74) is -0.363. The fourth-order valence-corrected chi connectivity index (χ4v) is 1.12. The second kappa shape index (κ2) is 6.81. The molecule has 86 valence electrons. The molecule has 0 radical (unpaired) electrons. The number of benzene rings is 1. The molecule has 0 spiro atoms. The van der Waals surface area contributed by atoms with E-state index < -0.39 is 11.7 Å². The summed E-state index contributed by atoms with van der Waals surface area (Å²) in [5.74, 6) is 0. The first-order chi connectivity index (χ1) is 7.43. The van der Waals surface area contributed by atoms with Gasteiger partial charge in [0.15, 0.2) is 11.3 Å². The zero-order chi connectivity index (χ0) is 12.2. The summed E-state index contributed by atoms with van der Waals surface area (Å²) in [7, 11) is 0. The second-order valence-corrected chi connectivity index (χ2v) is 3.17. The molecule has 0 heterocycles. The van der Waals surface area contributed by atoms with Gasteiger partial charge in [-0.05, 0) is 36.5 Å². The first-order valence-electron chi connectivity index (χ1n) is 4.07. The van der Waals surface area contributed by atoms with E-state index >= 15 is 0 Å². The molecule has 1 rings (SSSR count). The van der Waals surface area contributed by atoms with Crippen LogP contribution in [0.25, 0.3) is 0 Å². The fourth-order valence-electron chi connectivity index (χ4n) is 0.956. The van der Waals surface area contributed by atoms with Crippen molar-refractivity contribution in [1.29, 1.82) is 5.26 Å². The topological polar surface area (TPSA) is 47.9 Å². The van der Waals surface area contributed by atoms with Crippen LogP contribution in [-0.2, 0) is 6.18 Å². The predicted octanol–water partition coefficient (Wildman–Crippen LogP) is 1.82. The third-order valence-corrected chi connectivity index (χ3v) is 1.84. The van der Waals surface area contributed by atoms with Gasteiger partial charge < -0.3 is 5.32 Å². The normalized spacial score (nSPS) is 9.76. The number of nitriles is 1. The fraction of sp³-hybridized carbons (Fsp3) is 0.111. The summed E-state index contributed by atoms with van der Waals surface area (Å²) in [6.07, 6.45) is -2.77. The zero-order valence-electron chi connectivity index (χ0n) is 7.80. The third-order valence-electron chi connectivity index (χ3n) is 1.64. The Kier molecular flexibility index (Phi) is 6.49. The Morgan fingerprint density at radius 1 is 1.24 bits per heavy atom. The van der Waals surface area contributed by atoms with Crippen molar-refractivity contribution in [2.75, 3.05) is 5.32 Å². The van der Waals surface area contributed by atoms with E-state index in [1.165, 1.54) is 12.1 Å². The van der Waals surface area contributed by atoms with Gasteiger partial charge in [-0.2, -0.15) is 18.4 Å². The van der Waals surface area contributed by atoms with E-state index in [-0.39, 0.29) is 34.7 Å². The molecule has 1 aromatic carbocycles. The Bertz CT molecular complexity index is 425. The molecule has 2 N–H and O–H groups in total. The van der Waals surface area contributed by atoms with Crippen molar-refractivity contribution in [1.82, 2.24) is 5.32 Å². The van der Waals surface area contributed by atoms with Crippen LogP contribution in [0.1, 0.15) is 5.56 Å². The van der Waals surface area contributed by atoms with Gasteiger partial charge in [0.2, 0.25) is 0 Å². The molecule has 0 bridgehead atoms. The van der Waals surface area contributed by atoms with Gasteiger partial charge in [-0.15, -0.1) is 0 Å². The van der Waals surface area contributed by atoms with Crippen LogP contribution < -0.4 is 10.6 Å². The molecule has 0 saturated heterocycles. The number of nitrogens with zero attached hydrogens (tertiary/aromatic N) is 1. The monoisotopic (exact) mass is 269 g/mol. The molecule has 0 fully saturated rings. The number of thiocarbonyl (C=S) groups is 1. The predicted molar refractivity (Wildman–Crippen MR) is 63.6 cm³/mol. The van der Waals surface area contributed by atoms with Crippen LogP contribution in [0.5, 0.6) is 0 Å². The average molecular weight is 269 g/mol. The Morgan fingerprint density at radius 3 is 2.18 bits per heavy atom. The summed E-state index contributed by atoms with van der Waals surface area (Å²) < 4.78 is 36.6. The van der Waals surface area contributed by atoms with Gasteiger partial charge in [0.1, 0.15) is 0 Å². The van der Waals surface area contributed by atoms with Crippen molar-refractivity contribution in [2.45, 2.75) is 6.18 Å². The van der Waals surface area contributed by atoms with Crippen LogP contribution in [0.2, 0.25) is 0 Å². The molecule has 0 saturated carbocycles. The summed E-state index contributed by atoms with van der Waals surface area (Å²) in [6, 6.07) is 4.32. The molecule has 0 aliphatic rings. The van der Waals surface area contributed by atoms with Crippen LogP contribution in [0.4, 0.5) is 18.9 Å². The van der Waals surface area contributed by atoms with E-state index in [2.05, 4.69) is 22.9 Å². The van der Waals surface area contributed by atoms with Crippen molar-refractivity contribution in [3.8, 4) is 6.19 Å². The van der Waals surface area contributed by atoms with Crippen LogP contribution in [-0.4, -0.2) is 34.7 Å². The molecule has 1 aromatic rings. The number of nitrogens with one attached hydrogen (secondary N) is 2. The van der Waals surface area contributed by atoms with E-state index in [4.69, 9.17) is 5.26 Å². The van der Waals surface area contributed by atoms with Crippen molar-refractivity contribution in [3.05, 3.63) is 29.8 Å². The molecule has 8 heteroatoms. The third kappa shape index (κ3) is 5.37. The average Bonchev–Trinajstić information content (AvgIpc) is 2.17. The van der Waals surface area contributed by atoms with Gasteiger partial charge in [0.05, 0.1) is 5.56 Å². The van der Waals surface area contributed by atoms with E-state index in [9.17, 15) is 13.2 Å². The number of alkyl halides is 3. The number of halogens is 3. The summed E-state index contributed by atoms with van der Waals surface area (Å²) in [4.78, 5) is 0. The molecule has 3 nitrogen and oxygen atoms in total. The standard InChI is InChI=1S/C9H6F3N3S.Na.H/c10-9(11,12)6-1-3-7(4-2-6)15-8(16)14-5-13;;/h1-4H,(H2,14,15,16);;. The molecule has 0 atom stereocenters. The van der Waals surface area contributed by atoms with Gasteiger partial charge in [-0.25, -0.2) is 0 Å². The maximum atomic E-state index is 12.2. The van der Waals surface area contributed by atoms with Gasteiger partial charge in [-0.3, -0.25) is 5.32 Å². The first kappa shape index (κ1) is 16.2. The molecule has 0 aromatic heterocycles. The van der Waals surface area contributed by atoms with Crippen molar-refractivity contribution in [2.24, 2.45) is 0 Å². The molecular formula is C9H7F3N3NaS. The SMILES string of the molecule is N#CNC(=S)Nc1ccc(C(F)(F)F)cc1.[NaH]. The van der Waals surface area contributed by atoms with Crippen molar-refractivity contribution < 1.29 is 13.2 Å². The Hall–Kier alpha value is -0.810. The Labute approximate surface area is 123 Å². The summed E-state index contributed by atoms with van der Waals surface area (Å²) in [5, 5.41) is 13.0. The molecule has 0 amide bonds. The number of hydrogen-bond acceptors (Lipinski definition) is 2. The molecule has 0 aliphatic heterocycles. The zero-order valence-corrected chi connectivity index (χ0v) is 8.62. The van der Waals surface area contributed by atoms with Gasteiger partial charge in [0.25, 0.3) is 0 Å². The van der Waals surface area contributed by atoms with E-state index in [1.807, 2.05) is 0 Å².